The van der Waals surface area contributed by atoms with Crippen molar-refractivity contribution in [2.45, 2.75) is 200 Å². The molecule has 2 aromatic heterocycles. The summed E-state index contributed by atoms with van der Waals surface area (Å²) in [7, 11) is 3.56. The van der Waals surface area contributed by atoms with Crippen LogP contribution in [0.2, 0.25) is 5.02 Å². The third-order valence-corrected chi connectivity index (χ3v) is 28.2. The van der Waals surface area contributed by atoms with E-state index in [1.54, 1.807) is 109 Å². The number of hydrogen-bond acceptors (Lipinski definition) is 26. The third kappa shape index (κ3) is 21.8. The van der Waals surface area contributed by atoms with Gasteiger partial charge < -0.3 is 80.3 Å². The lowest BCUT2D eigenvalue weighted by Crippen LogP contribution is -2.61. The Morgan fingerprint density at radius 3 is 1.74 bits per heavy atom. The van der Waals surface area contributed by atoms with E-state index in [4.69, 9.17) is 40.9 Å². The van der Waals surface area contributed by atoms with E-state index in [0.717, 1.165) is 58.6 Å². The van der Waals surface area contributed by atoms with Gasteiger partial charge in [-0.05, 0) is 149 Å². The molecule has 0 radical (unpaired) electrons. The summed E-state index contributed by atoms with van der Waals surface area (Å²) >= 11 is 8.07. The Balaban J connectivity index is 0.000000323. The molecule has 8 aliphatic rings. The smallest absolute Gasteiger partial charge is 0.329 e. The summed E-state index contributed by atoms with van der Waals surface area (Å²) in [6.45, 7) is 22.6. The molecule has 39 heteroatoms. The lowest BCUT2D eigenvalue weighted by atomic mass is 9.98. The first-order chi connectivity index (χ1) is 62.0. The van der Waals surface area contributed by atoms with Crippen molar-refractivity contribution in [3.8, 4) is 11.5 Å². The summed E-state index contributed by atoms with van der Waals surface area (Å²) in [6.07, 6.45) is 3.47. The number of methoxy groups -OCH3 is 1. The minimum absolute atomic E-state index is 0.0763. The molecule has 11 atom stereocenters. The predicted octanol–water partition coefficient (Wildman–Crippen LogP) is 5.62. The first kappa shape index (κ1) is 100.0. The Morgan fingerprint density at radius 2 is 1.20 bits per heavy atom. The number of fused-ring (bicyclic) bond motifs is 6. The molecule has 131 heavy (non-hydrogen) atoms. The average Bonchev–Trinajstić information content (AvgIpc) is 1.64. The number of nitrogen functional groups attached to an aromatic ring is 1. The van der Waals surface area contributed by atoms with E-state index in [1.165, 1.54) is 98.2 Å². The predicted molar refractivity (Wildman–Crippen MR) is 488 cm³/mol. The SMILES string of the molecule is COC(=O)[C@H](c1ccccc1Cl)N1CCc2sccc2C1.Cc1c2oc3c(C)ccc(C(=O)N[C@@H]4C(=O)N[C@H](C(C)C)C(=O)N5CCC[C@H]5C(=O)N(C)CC(=O)N(C)[C@@H](C(C)C)C(=O)O[C@@H]4C)c3nc-2c(C(=O)N[C@@H]2C(=O)N[C@H](C(C)C)C(=O)N3CCC[C@H]3C(=O)N(C)CC(=O)N(C)[C@@H](C(C)C)C(=O)O[C@@H]2C)c(N)c1=O.O=S(=O)(c1cccc2cnccc12)N1CCCNCC1. The number of esters is 3. The van der Waals surface area contributed by atoms with Gasteiger partial charge in [-0.2, -0.15) is 4.31 Å². The molecule has 0 spiro atoms. The van der Waals surface area contributed by atoms with Crippen molar-refractivity contribution in [2.75, 3.05) is 99.9 Å². The van der Waals surface area contributed by atoms with Crippen LogP contribution in [-0.2, 0) is 89.9 Å². The van der Waals surface area contributed by atoms with Gasteiger partial charge in [-0.3, -0.25) is 62.6 Å². The van der Waals surface area contributed by atoms with Gasteiger partial charge in [-0.15, -0.1) is 11.3 Å². The number of aryl methyl sites for hydroxylation is 1. The zero-order valence-corrected chi connectivity index (χ0v) is 79.4. The molecule has 706 valence electrons. The number of carbonyl (C=O) groups excluding carboxylic acids is 13. The van der Waals surface area contributed by atoms with Gasteiger partial charge in [0.1, 0.15) is 77.8 Å². The number of hydrogen-bond donors (Lipinski definition) is 6. The molecule has 10 amide bonds. The highest BCUT2D eigenvalue weighted by atomic mass is 35.5. The minimum Gasteiger partial charge on any atom is -0.468 e. The van der Waals surface area contributed by atoms with Gasteiger partial charge in [0.2, 0.25) is 62.7 Å². The van der Waals surface area contributed by atoms with E-state index < -0.39 is 207 Å². The number of anilines is 1. The van der Waals surface area contributed by atoms with Crippen LogP contribution < -0.4 is 37.7 Å². The third-order valence-electron chi connectivity index (χ3n) is 24.9. The second-order valence-electron chi connectivity index (χ2n) is 35.4. The second kappa shape index (κ2) is 42.8. The fourth-order valence-electron chi connectivity index (χ4n) is 17.6. The zero-order chi connectivity index (χ0) is 95.8. The summed E-state index contributed by atoms with van der Waals surface area (Å²) in [5.74, 6) is -12.6. The summed E-state index contributed by atoms with van der Waals surface area (Å²) in [6, 6.07) is 8.35. The molecule has 9 heterocycles. The lowest BCUT2D eigenvalue weighted by Gasteiger charge is -2.36. The van der Waals surface area contributed by atoms with Crippen molar-refractivity contribution in [1.29, 1.82) is 0 Å². The maximum atomic E-state index is 15.2. The van der Waals surface area contributed by atoms with Crippen LogP contribution in [0.25, 0.3) is 33.3 Å². The number of halogens is 1. The maximum Gasteiger partial charge on any atom is 0.329 e. The van der Waals surface area contributed by atoms with Gasteiger partial charge in [-0.25, -0.2) is 27.8 Å². The van der Waals surface area contributed by atoms with Crippen molar-refractivity contribution < 1.29 is 89.4 Å². The van der Waals surface area contributed by atoms with Gasteiger partial charge in [0.25, 0.3) is 11.8 Å². The second-order valence-corrected chi connectivity index (χ2v) is 38.8. The van der Waals surface area contributed by atoms with Gasteiger partial charge in [0.15, 0.2) is 11.3 Å². The summed E-state index contributed by atoms with van der Waals surface area (Å²) < 4.78 is 50.5. The maximum absolute atomic E-state index is 15.2. The van der Waals surface area contributed by atoms with Crippen LogP contribution >= 0.6 is 22.9 Å². The number of aromatic nitrogens is 2. The van der Waals surface area contributed by atoms with E-state index in [1.807, 2.05) is 30.3 Å². The standard InChI is InChI=1S/C62H86N12O16.C16H16ClNO2S.C14H17N3O2S/c1-27(2)42-59(84)73-23-17-19-36(73)57(82)69(13)25-38(75)71(15)48(29(5)6)61(86)88-33(11)44(55(80)65-42)67-53(78)35-22-21-31(9)51-46(35)64-47-40(41(63)50(77)32(10)52(47)90-51)54(79)68-45-34(12)89-62(87)49(30(7)8)72(16)39(76)26-70(14)58(83)37-20-18-24-74(37)60(85)43(28(3)4)66-56(45)81;1-20-16(19)15(12-4-2-3-5-13(12)17)18-8-6-14-11(10-18)7-9-21-14;18-20(19,17-9-2-6-15-8-10-17)14-4-1-3-12-11-16-7-5-13(12)14/h21-22,27-30,33-34,36-37,42-45,48-49H,17-20,23-26,63H2,1-16H3,(H,65,80)(H,66,81)(H,67,78)(H,68,79);2-5,7,9,15H,6,8,10H2,1H3;1,3-5,7,11,15H,2,6,8-10H2/t33-,34-,36+,37+,42-,43-,44+,45+,48+,49+;15-;/m10./s1. The highest BCUT2D eigenvalue weighted by molar-refractivity contribution is 7.89. The molecule has 5 saturated heterocycles. The largest absolute Gasteiger partial charge is 0.468 e. The van der Waals surface area contributed by atoms with Crippen molar-refractivity contribution in [3.63, 3.8) is 0 Å². The monoisotopic (exact) mass is 1870 g/mol. The first-order valence-electron chi connectivity index (χ1n) is 44.1. The molecular weight excluding hydrogens is 1750 g/mol. The molecule has 0 unspecified atom stereocenters. The topological polar surface area (TPSA) is 452 Å². The molecule has 36 nitrogen and oxygen atoms in total. The summed E-state index contributed by atoms with van der Waals surface area (Å²) in [4.78, 5) is 220. The van der Waals surface area contributed by atoms with Crippen molar-refractivity contribution in [1.82, 2.24) is 75.2 Å². The fourth-order valence-corrected chi connectivity index (χ4v) is 20.4. The Labute approximate surface area is 770 Å². The number of nitrogens with zero attached hydrogens (tertiary/aromatic N) is 10. The molecule has 5 aromatic rings. The van der Waals surface area contributed by atoms with E-state index >= 15 is 9.59 Å². The van der Waals surface area contributed by atoms with E-state index in [0.29, 0.717) is 48.0 Å². The number of ether oxygens (including phenoxy) is 3. The zero-order valence-electron chi connectivity index (χ0n) is 77.0. The molecule has 7 aliphatic heterocycles. The quantitative estimate of drug-likeness (QED) is 0.0353. The van der Waals surface area contributed by atoms with Crippen LogP contribution in [0.5, 0.6) is 0 Å². The van der Waals surface area contributed by atoms with E-state index in [2.05, 4.69) is 47.9 Å². The first-order valence-corrected chi connectivity index (χ1v) is 46.8. The Kier molecular flexibility index (Phi) is 32.6. The molecule has 5 fully saturated rings. The molecule has 7 N–H and O–H groups in total. The molecular formula is C92H119ClN16O20S2. The van der Waals surface area contributed by atoms with Crippen molar-refractivity contribution in [2.24, 2.45) is 23.7 Å². The molecule has 3 aromatic carbocycles. The van der Waals surface area contributed by atoms with Crippen LogP contribution in [0, 0.1) is 37.5 Å². The highest BCUT2D eigenvalue weighted by Gasteiger charge is 2.48. The van der Waals surface area contributed by atoms with Crippen molar-refractivity contribution >= 4 is 138 Å². The van der Waals surface area contributed by atoms with Crippen molar-refractivity contribution in [3.05, 3.63) is 138 Å². The Bertz CT molecular complexity index is 5660. The van der Waals surface area contributed by atoms with Gasteiger partial charge in [-0.1, -0.05) is 103 Å². The number of cyclic esters (lactones) is 2. The number of likely N-dealkylation sites (N-methyl/N-ethyl adjacent to an activating group) is 4. The van der Waals surface area contributed by atoms with Crippen LogP contribution in [0.1, 0.15) is 155 Å². The number of rotatable bonds is 13. The Hall–Kier alpha value is -11.6. The van der Waals surface area contributed by atoms with Gasteiger partial charge >= 0.3 is 17.9 Å². The van der Waals surface area contributed by atoms with Crippen LogP contribution in [0.15, 0.2) is 98.6 Å². The average molecular weight is 1870 g/mol. The van der Waals surface area contributed by atoms with Crippen LogP contribution in [0.3, 0.4) is 0 Å². The number of thiophene rings is 1. The normalized spacial score (nSPS) is 23.4. The molecule has 13 rings (SSSR count). The number of benzene rings is 4. The summed E-state index contributed by atoms with van der Waals surface area (Å²) in [5, 5.41) is 18.2. The molecule has 1 aliphatic carbocycles. The van der Waals surface area contributed by atoms with Gasteiger partial charge in [0.05, 0.1) is 41.9 Å². The summed E-state index contributed by atoms with van der Waals surface area (Å²) in [5.41, 5.74) is 5.68. The number of amides is 10. The Morgan fingerprint density at radius 1 is 0.641 bits per heavy atom. The van der Waals surface area contributed by atoms with E-state index in [9.17, 15) is 66.0 Å². The van der Waals surface area contributed by atoms with E-state index in [-0.39, 0.29) is 59.9 Å². The number of nitrogens with one attached hydrogen (secondary N) is 5. The highest BCUT2D eigenvalue weighted by Crippen LogP contribution is 2.38. The molecule has 0 bridgehead atoms. The fraction of sp³-hybridized carbons (Fsp3) is 0.522. The van der Waals surface area contributed by atoms with Crippen LogP contribution in [0.4, 0.5) is 5.69 Å². The lowest BCUT2D eigenvalue weighted by molar-refractivity contribution is -0.163. The number of carbonyl (C=O) groups is 13. The van der Waals surface area contributed by atoms with Crippen LogP contribution in [-0.4, -0.2) is 289 Å². The number of pyridine rings is 1. The molecule has 0 saturated carbocycles. The minimum atomic E-state index is -3.45. The number of sulfonamides is 1. The number of nitrogens with two attached hydrogens (primary N) is 1. The van der Waals surface area contributed by atoms with Gasteiger partial charge in [0, 0.05) is 113 Å².